The third kappa shape index (κ3) is 6.66. The highest BCUT2D eigenvalue weighted by Crippen LogP contribution is 2.25. The van der Waals surface area contributed by atoms with Crippen LogP contribution in [0.1, 0.15) is 0 Å². The van der Waals surface area contributed by atoms with Crippen LogP contribution in [-0.2, 0) is 4.79 Å². The molecule has 1 amide bonds. The van der Waals surface area contributed by atoms with E-state index in [4.69, 9.17) is 28.6 Å². The van der Waals surface area contributed by atoms with Crippen molar-refractivity contribution in [3.63, 3.8) is 0 Å². The van der Waals surface area contributed by atoms with Crippen LogP contribution in [0.5, 0.6) is 5.75 Å². The molecule has 154 valence electrons. The summed E-state index contributed by atoms with van der Waals surface area (Å²) in [5, 5.41) is 10.1. The number of ether oxygens (including phenoxy) is 1. The predicted molar refractivity (Wildman–Crippen MR) is 130 cm³/mol. The molecule has 3 aromatic rings. The van der Waals surface area contributed by atoms with Gasteiger partial charge < -0.3 is 20.7 Å². The van der Waals surface area contributed by atoms with Crippen LogP contribution in [0.2, 0.25) is 5.02 Å². The second-order valence-electron chi connectivity index (χ2n) is 6.15. The van der Waals surface area contributed by atoms with Gasteiger partial charge in [-0.05, 0) is 60.7 Å². The van der Waals surface area contributed by atoms with Gasteiger partial charge in [0.2, 0.25) is 5.91 Å². The molecule has 0 atom stereocenters. The quantitative estimate of drug-likeness (QED) is 0.304. The molecule has 0 aliphatic heterocycles. The number of thiocarbonyl (C=S) groups is 1. The van der Waals surface area contributed by atoms with Crippen LogP contribution in [0, 0.1) is 0 Å². The first-order valence-electron chi connectivity index (χ1n) is 9.03. The van der Waals surface area contributed by atoms with Gasteiger partial charge in [0.1, 0.15) is 5.75 Å². The lowest BCUT2D eigenvalue weighted by Crippen LogP contribution is -2.19. The van der Waals surface area contributed by atoms with Gasteiger partial charge in [-0.15, -0.1) is 11.8 Å². The number of hydrogen-bond donors (Lipinski definition) is 3. The average Bonchev–Trinajstić information content (AvgIpc) is 2.73. The molecule has 0 saturated heterocycles. The molecule has 3 rings (SSSR count). The summed E-state index contributed by atoms with van der Waals surface area (Å²) >= 11 is 12.8. The van der Waals surface area contributed by atoms with E-state index in [-0.39, 0.29) is 11.7 Å². The van der Waals surface area contributed by atoms with Gasteiger partial charge >= 0.3 is 0 Å². The molecule has 30 heavy (non-hydrogen) atoms. The van der Waals surface area contributed by atoms with E-state index < -0.39 is 0 Å². The number of benzene rings is 3. The second-order valence-corrected chi connectivity index (χ2v) is 8.05. The van der Waals surface area contributed by atoms with E-state index in [0.29, 0.717) is 21.6 Å². The molecule has 3 aromatic carbocycles. The molecule has 0 spiro atoms. The molecular weight excluding hydrogens is 438 g/mol. The Morgan fingerprint density at radius 2 is 1.70 bits per heavy atom. The Morgan fingerprint density at radius 3 is 2.47 bits per heavy atom. The van der Waals surface area contributed by atoms with Gasteiger partial charge in [0.05, 0.1) is 18.6 Å². The molecule has 0 aromatic heterocycles. The summed E-state index contributed by atoms with van der Waals surface area (Å²) in [6.45, 7) is 0. The highest BCUT2D eigenvalue weighted by atomic mass is 35.5. The topological polar surface area (TPSA) is 62.4 Å². The molecule has 0 radical (unpaired) electrons. The largest absolute Gasteiger partial charge is 0.495 e. The minimum Gasteiger partial charge on any atom is -0.495 e. The van der Waals surface area contributed by atoms with Crippen molar-refractivity contribution in [2.75, 3.05) is 28.8 Å². The number of nitrogens with one attached hydrogen (secondary N) is 3. The van der Waals surface area contributed by atoms with Crippen molar-refractivity contribution in [2.45, 2.75) is 4.90 Å². The number of hydrogen-bond acceptors (Lipinski definition) is 4. The first-order valence-corrected chi connectivity index (χ1v) is 10.8. The molecule has 0 bridgehead atoms. The monoisotopic (exact) mass is 457 g/mol. The molecule has 0 heterocycles. The molecule has 0 saturated carbocycles. The number of amides is 1. The number of anilines is 3. The zero-order chi connectivity index (χ0) is 21.3. The van der Waals surface area contributed by atoms with Crippen molar-refractivity contribution in [1.82, 2.24) is 0 Å². The minimum absolute atomic E-state index is 0.103. The number of para-hydroxylation sites is 2. The van der Waals surface area contributed by atoms with Gasteiger partial charge in [-0.3, -0.25) is 4.79 Å². The van der Waals surface area contributed by atoms with Crippen molar-refractivity contribution in [2.24, 2.45) is 0 Å². The number of halogens is 1. The fourth-order valence-corrected chi connectivity index (χ4v) is 3.78. The van der Waals surface area contributed by atoms with Crippen molar-refractivity contribution >= 4 is 63.7 Å². The Kier molecular flexibility index (Phi) is 7.96. The van der Waals surface area contributed by atoms with Gasteiger partial charge in [-0.1, -0.05) is 35.9 Å². The number of rotatable bonds is 7. The van der Waals surface area contributed by atoms with E-state index >= 15 is 0 Å². The van der Waals surface area contributed by atoms with Crippen LogP contribution in [0.15, 0.2) is 77.7 Å². The minimum atomic E-state index is -0.103. The average molecular weight is 458 g/mol. The third-order valence-electron chi connectivity index (χ3n) is 3.93. The SMILES string of the molecule is COc1ccccc1NC(=S)Nc1cccc(SCC(=O)Nc2cccc(Cl)c2)c1. The normalized spacial score (nSPS) is 10.2. The van der Waals surface area contributed by atoms with E-state index in [1.807, 2.05) is 48.5 Å². The summed E-state index contributed by atoms with van der Waals surface area (Å²) < 4.78 is 5.32. The van der Waals surface area contributed by atoms with Gasteiger partial charge in [-0.25, -0.2) is 0 Å². The summed E-state index contributed by atoms with van der Waals surface area (Å²) in [6.07, 6.45) is 0. The summed E-state index contributed by atoms with van der Waals surface area (Å²) in [5.41, 5.74) is 2.28. The van der Waals surface area contributed by atoms with Crippen LogP contribution < -0.4 is 20.7 Å². The number of thioether (sulfide) groups is 1. The Labute approximate surface area is 190 Å². The fourth-order valence-electron chi connectivity index (χ4n) is 2.61. The fraction of sp³-hybridized carbons (Fsp3) is 0.0909. The molecule has 0 aliphatic carbocycles. The maximum Gasteiger partial charge on any atom is 0.234 e. The van der Waals surface area contributed by atoms with Gasteiger partial charge in [-0.2, -0.15) is 0 Å². The van der Waals surface area contributed by atoms with Gasteiger partial charge in [0, 0.05) is 21.3 Å². The zero-order valence-corrected chi connectivity index (χ0v) is 18.5. The van der Waals surface area contributed by atoms with E-state index in [1.54, 1.807) is 31.4 Å². The second kappa shape index (κ2) is 10.9. The van der Waals surface area contributed by atoms with E-state index in [0.717, 1.165) is 16.3 Å². The lowest BCUT2D eigenvalue weighted by molar-refractivity contribution is -0.113. The van der Waals surface area contributed by atoms with Crippen molar-refractivity contribution in [1.29, 1.82) is 0 Å². The van der Waals surface area contributed by atoms with E-state index in [1.165, 1.54) is 11.8 Å². The lowest BCUT2D eigenvalue weighted by atomic mass is 10.3. The third-order valence-corrected chi connectivity index (χ3v) is 5.36. The summed E-state index contributed by atoms with van der Waals surface area (Å²) in [4.78, 5) is 13.1. The standard InChI is InChI=1S/C22H20ClN3O2S2/c1-28-20-11-3-2-10-19(20)26-22(29)25-17-8-5-9-18(13-17)30-14-21(27)24-16-7-4-6-15(23)12-16/h2-13H,14H2,1H3,(H,24,27)(H2,25,26,29). The van der Waals surface area contributed by atoms with Crippen molar-refractivity contribution in [3.8, 4) is 5.75 Å². The van der Waals surface area contributed by atoms with Crippen molar-refractivity contribution < 1.29 is 9.53 Å². The lowest BCUT2D eigenvalue weighted by Gasteiger charge is -2.13. The molecule has 0 unspecified atom stereocenters. The first kappa shape index (κ1) is 22.0. The molecule has 5 nitrogen and oxygen atoms in total. The van der Waals surface area contributed by atoms with Crippen LogP contribution in [0.3, 0.4) is 0 Å². The van der Waals surface area contributed by atoms with E-state index in [9.17, 15) is 4.79 Å². The maximum atomic E-state index is 12.2. The Morgan fingerprint density at radius 1 is 0.967 bits per heavy atom. The zero-order valence-electron chi connectivity index (χ0n) is 16.1. The number of carbonyl (C=O) groups excluding carboxylic acids is 1. The van der Waals surface area contributed by atoms with Crippen LogP contribution >= 0.6 is 35.6 Å². The maximum absolute atomic E-state index is 12.2. The smallest absolute Gasteiger partial charge is 0.234 e. The molecule has 3 N–H and O–H groups in total. The Bertz CT molecular complexity index is 1050. The highest BCUT2D eigenvalue weighted by molar-refractivity contribution is 8.00. The molecule has 0 fully saturated rings. The Hall–Kier alpha value is -2.74. The van der Waals surface area contributed by atoms with Gasteiger partial charge in [0.25, 0.3) is 0 Å². The molecule has 0 aliphatic rings. The number of methoxy groups -OCH3 is 1. The Balaban J connectivity index is 1.54. The highest BCUT2D eigenvalue weighted by Gasteiger charge is 2.07. The van der Waals surface area contributed by atoms with Crippen molar-refractivity contribution in [3.05, 3.63) is 77.8 Å². The number of carbonyl (C=O) groups is 1. The molecule has 8 heteroatoms. The summed E-state index contributed by atoms with van der Waals surface area (Å²) in [5.74, 6) is 0.880. The predicted octanol–water partition coefficient (Wildman–Crippen LogP) is 5.89. The van der Waals surface area contributed by atoms with Crippen LogP contribution in [0.25, 0.3) is 0 Å². The van der Waals surface area contributed by atoms with Crippen LogP contribution in [0.4, 0.5) is 17.1 Å². The van der Waals surface area contributed by atoms with E-state index in [2.05, 4.69) is 16.0 Å². The first-order chi connectivity index (χ1) is 14.5. The van der Waals surface area contributed by atoms with Crippen LogP contribution in [-0.4, -0.2) is 23.9 Å². The summed E-state index contributed by atoms with van der Waals surface area (Å²) in [7, 11) is 1.61. The molecular formula is C22H20ClN3O2S2. The summed E-state index contributed by atoms with van der Waals surface area (Å²) in [6, 6.07) is 22.3. The van der Waals surface area contributed by atoms with Gasteiger partial charge in [0.15, 0.2) is 5.11 Å².